The second-order valence-electron chi connectivity index (χ2n) is 2.76. The Morgan fingerprint density at radius 1 is 1.50 bits per heavy atom. The van der Waals surface area contributed by atoms with Gasteiger partial charge in [0.1, 0.15) is 0 Å². The van der Waals surface area contributed by atoms with Crippen molar-refractivity contribution >= 4 is 11.4 Å². The summed E-state index contributed by atoms with van der Waals surface area (Å²) in [5.41, 5.74) is 2.05. The number of hydrogen-bond donors (Lipinski definition) is 0. The van der Waals surface area contributed by atoms with Crippen molar-refractivity contribution in [2.24, 2.45) is 0 Å². The Morgan fingerprint density at radius 2 is 2.33 bits per heavy atom. The fourth-order valence-electron chi connectivity index (χ4n) is 1.04. The van der Waals surface area contributed by atoms with Crippen LogP contribution in [0.2, 0.25) is 0 Å². The standard InChI is InChI=1S/C9H9N3/c1-7(2)8-5-11-9-10-3-4-12(9)6-8/h3-6H,1H2,2H3. The Balaban J connectivity index is 2.68. The van der Waals surface area contributed by atoms with Crippen LogP contribution < -0.4 is 0 Å². The average Bonchev–Trinajstić information content (AvgIpc) is 2.49. The van der Waals surface area contributed by atoms with Gasteiger partial charge in [0.2, 0.25) is 5.78 Å². The van der Waals surface area contributed by atoms with E-state index in [1.807, 2.05) is 23.7 Å². The van der Waals surface area contributed by atoms with Gasteiger partial charge in [-0.2, -0.15) is 0 Å². The van der Waals surface area contributed by atoms with E-state index in [1.165, 1.54) is 0 Å². The molecule has 2 aromatic heterocycles. The molecule has 0 saturated heterocycles. The molecule has 0 radical (unpaired) electrons. The van der Waals surface area contributed by atoms with Gasteiger partial charge in [-0.3, -0.25) is 4.40 Å². The van der Waals surface area contributed by atoms with Gasteiger partial charge in [-0.1, -0.05) is 6.58 Å². The van der Waals surface area contributed by atoms with E-state index in [2.05, 4.69) is 16.5 Å². The lowest BCUT2D eigenvalue weighted by molar-refractivity contribution is 1.10. The molecule has 0 aromatic carbocycles. The zero-order valence-electron chi connectivity index (χ0n) is 6.86. The van der Waals surface area contributed by atoms with Gasteiger partial charge in [0, 0.05) is 30.4 Å². The van der Waals surface area contributed by atoms with Crippen LogP contribution in [0.25, 0.3) is 11.4 Å². The first-order valence-electron chi connectivity index (χ1n) is 3.72. The van der Waals surface area contributed by atoms with Crippen LogP contribution in [0, 0.1) is 0 Å². The first-order valence-corrected chi connectivity index (χ1v) is 3.72. The zero-order chi connectivity index (χ0) is 8.55. The van der Waals surface area contributed by atoms with Gasteiger partial charge >= 0.3 is 0 Å². The molecule has 2 heterocycles. The van der Waals surface area contributed by atoms with Gasteiger partial charge < -0.3 is 0 Å². The molecule has 60 valence electrons. The van der Waals surface area contributed by atoms with Crippen molar-refractivity contribution < 1.29 is 0 Å². The van der Waals surface area contributed by atoms with Crippen LogP contribution in [-0.2, 0) is 0 Å². The van der Waals surface area contributed by atoms with Gasteiger partial charge in [-0.05, 0) is 12.5 Å². The van der Waals surface area contributed by atoms with E-state index >= 15 is 0 Å². The molecule has 12 heavy (non-hydrogen) atoms. The summed E-state index contributed by atoms with van der Waals surface area (Å²) in [5, 5.41) is 0. The minimum absolute atomic E-state index is 0.722. The fourth-order valence-corrected chi connectivity index (χ4v) is 1.04. The third kappa shape index (κ3) is 0.993. The minimum atomic E-state index is 0.722. The Morgan fingerprint density at radius 3 is 3.08 bits per heavy atom. The van der Waals surface area contributed by atoms with Crippen molar-refractivity contribution in [3.05, 3.63) is 36.9 Å². The van der Waals surface area contributed by atoms with Crippen molar-refractivity contribution in [1.29, 1.82) is 0 Å². The molecule has 3 heteroatoms. The first kappa shape index (κ1) is 7.03. The van der Waals surface area contributed by atoms with Gasteiger partial charge in [-0.25, -0.2) is 9.97 Å². The van der Waals surface area contributed by atoms with Crippen LogP contribution in [0.1, 0.15) is 12.5 Å². The monoisotopic (exact) mass is 159 g/mol. The van der Waals surface area contributed by atoms with E-state index in [-0.39, 0.29) is 0 Å². The average molecular weight is 159 g/mol. The third-order valence-corrected chi connectivity index (χ3v) is 1.74. The maximum atomic E-state index is 4.15. The molecule has 0 aliphatic carbocycles. The second kappa shape index (κ2) is 2.44. The molecule has 0 bridgehead atoms. The highest BCUT2D eigenvalue weighted by molar-refractivity contribution is 5.60. The summed E-state index contributed by atoms with van der Waals surface area (Å²) in [6.07, 6.45) is 7.35. The van der Waals surface area contributed by atoms with Crippen molar-refractivity contribution in [1.82, 2.24) is 14.4 Å². The highest BCUT2D eigenvalue weighted by Crippen LogP contribution is 2.09. The maximum Gasteiger partial charge on any atom is 0.233 e. The molecule has 2 rings (SSSR count). The van der Waals surface area contributed by atoms with Gasteiger partial charge in [-0.15, -0.1) is 0 Å². The van der Waals surface area contributed by atoms with Crippen LogP contribution in [0.4, 0.5) is 0 Å². The summed E-state index contributed by atoms with van der Waals surface area (Å²) in [4.78, 5) is 8.19. The quantitative estimate of drug-likeness (QED) is 0.634. The van der Waals surface area contributed by atoms with Gasteiger partial charge in [0.05, 0.1) is 0 Å². The zero-order valence-corrected chi connectivity index (χ0v) is 6.86. The summed E-state index contributed by atoms with van der Waals surface area (Å²) in [5.74, 6) is 0.722. The molecule has 0 atom stereocenters. The maximum absolute atomic E-state index is 4.15. The van der Waals surface area contributed by atoms with Crippen LogP contribution >= 0.6 is 0 Å². The van der Waals surface area contributed by atoms with Crippen molar-refractivity contribution in [3.8, 4) is 0 Å². The summed E-state index contributed by atoms with van der Waals surface area (Å²) in [7, 11) is 0. The highest BCUT2D eigenvalue weighted by atomic mass is 15.1. The SMILES string of the molecule is C=C(C)c1cnc2nccn2c1. The molecule has 0 aliphatic heterocycles. The highest BCUT2D eigenvalue weighted by Gasteiger charge is 1.97. The molecule has 0 amide bonds. The number of fused-ring (bicyclic) bond motifs is 1. The van der Waals surface area contributed by atoms with Crippen LogP contribution in [0.15, 0.2) is 31.4 Å². The Kier molecular flexibility index (Phi) is 1.43. The van der Waals surface area contributed by atoms with Crippen molar-refractivity contribution in [3.63, 3.8) is 0 Å². The lowest BCUT2D eigenvalue weighted by Crippen LogP contribution is -1.90. The lowest BCUT2D eigenvalue weighted by Gasteiger charge is -1.98. The van der Waals surface area contributed by atoms with Crippen LogP contribution in [-0.4, -0.2) is 14.4 Å². The molecule has 0 spiro atoms. The lowest BCUT2D eigenvalue weighted by atomic mass is 10.2. The fraction of sp³-hybridized carbons (Fsp3) is 0.111. The number of hydrogen-bond acceptors (Lipinski definition) is 2. The normalized spacial score (nSPS) is 10.4. The molecule has 0 N–H and O–H groups in total. The summed E-state index contributed by atoms with van der Waals surface area (Å²) < 4.78 is 1.88. The van der Waals surface area contributed by atoms with Crippen molar-refractivity contribution in [2.45, 2.75) is 6.92 Å². The van der Waals surface area contributed by atoms with E-state index in [0.717, 1.165) is 16.9 Å². The predicted molar refractivity (Wildman–Crippen MR) is 47.7 cm³/mol. The molecular weight excluding hydrogens is 150 g/mol. The van der Waals surface area contributed by atoms with Gasteiger partial charge in [0.15, 0.2) is 0 Å². The van der Waals surface area contributed by atoms with Gasteiger partial charge in [0.25, 0.3) is 0 Å². The number of rotatable bonds is 1. The number of allylic oxidation sites excluding steroid dienone is 1. The predicted octanol–water partition coefficient (Wildman–Crippen LogP) is 1.76. The van der Waals surface area contributed by atoms with E-state index in [4.69, 9.17) is 0 Å². The smallest absolute Gasteiger partial charge is 0.233 e. The van der Waals surface area contributed by atoms with E-state index in [0.29, 0.717) is 0 Å². The van der Waals surface area contributed by atoms with E-state index in [9.17, 15) is 0 Å². The summed E-state index contributed by atoms with van der Waals surface area (Å²) in [6, 6.07) is 0. The van der Waals surface area contributed by atoms with E-state index in [1.54, 1.807) is 12.4 Å². The largest absolute Gasteiger partial charge is 0.291 e. The summed E-state index contributed by atoms with van der Waals surface area (Å²) in [6.45, 7) is 5.80. The molecule has 3 nitrogen and oxygen atoms in total. The topological polar surface area (TPSA) is 30.2 Å². The Labute approximate surface area is 70.4 Å². The van der Waals surface area contributed by atoms with E-state index < -0.39 is 0 Å². The molecule has 0 saturated carbocycles. The number of nitrogens with zero attached hydrogens (tertiary/aromatic N) is 3. The Bertz CT molecular complexity index is 428. The first-order chi connectivity index (χ1) is 5.77. The number of imidazole rings is 1. The molecular formula is C9H9N3. The van der Waals surface area contributed by atoms with Crippen molar-refractivity contribution in [2.75, 3.05) is 0 Å². The third-order valence-electron chi connectivity index (χ3n) is 1.74. The van der Waals surface area contributed by atoms with Crippen LogP contribution in [0.3, 0.4) is 0 Å². The molecule has 2 aromatic rings. The summed E-state index contributed by atoms with van der Waals surface area (Å²) >= 11 is 0. The number of aromatic nitrogens is 3. The second-order valence-corrected chi connectivity index (χ2v) is 2.76. The molecule has 0 aliphatic rings. The molecule has 0 fully saturated rings. The molecule has 0 unspecified atom stereocenters. The minimum Gasteiger partial charge on any atom is -0.291 e. The Hall–Kier alpha value is -1.64. The van der Waals surface area contributed by atoms with Crippen LogP contribution in [0.5, 0.6) is 0 Å².